The van der Waals surface area contributed by atoms with Crippen molar-refractivity contribution >= 4 is 5.70 Å². The van der Waals surface area contributed by atoms with Crippen LogP contribution in [0.1, 0.15) is 65.3 Å². The van der Waals surface area contributed by atoms with E-state index >= 15 is 0 Å². The van der Waals surface area contributed by atoms with Crippen LogP contribution in [0.15, 0.2) is 12.8 Å². The number of aliphatic hydroxyl groups is 2. The molecule has 2 rings (SSSR count). The molecule has 0 aromatic carbocycles. The lowest BCUT2D eigenvalue weighted by atomic mass is 10.1. The van der Waals surface area contributed by atoms with Crippen molar-refractivity contribution in [2.75, 3.05) is 20.1 Å². The van der Waals surface area contributed by atoms with Crippen LogP contribution in [0.4, 0.5) is 8.78 Å². The van der Waals surface area contributed by atoms with Gasteiger partial charge in [-0.25, -0.2) is 13.8 Å². The SMILES string of the molecule is C.C=C(CC)n1cc(C)nc1C(O)O.CC.CN1CCC(F)(F)CC1. The quantitative estimate of drug-likeness (QED) is 0.795. The first-order valence-corrected chi connectivity index (χ1v) is 8.33. The molecule has 0 atom stereocenters. The van der Waals surface area contributed by atoms with Gasteiger partial charge in [-0.3, -0.25) is 0 Å². The third-order valence-corrected chi connectivity index (χ3v) is 3.55. The predicted octanol–water partition coefficient (Wildman–Crippen LogP) is 4.07. The fourth-order valence-electron chi connectivity index (χ4n) is 2.07. The largest absolute Gasteiger partial charge is 0.362 e. The van der Waals surface area contributed by atoms with Gasteiger partial charge in [-0.15, -0.1) is 0 Å². The van der Waals surface area contributed by atoms with Crippen LogP contribution in [0.5, 0.6) is 0 Å². The normalized spacial score (nSPS) is 16.1. The molecule has 7 heteroatoms. The minimum absolute atomic E-state index is 0. The van der Waals surface area contributed by atoms with Crippen molar-refractivity contribution in [2.24, 2.45) is 0 Å². The Morgan fingerprint density at radius 2 is 1.80 bits per heavy atom. The summed E-state index contributed by atoms with van der Waals surface area (Å²) in [6.07, 6.45) is 1.00. The molecule has 1 aliphatic heterocycles. The number of rotatable bonds is 3. The summed E-state index contributed by atoms with van der Waals surface area (Å²) in [4.78, 5) is 5.91. The van der Waals surface area contributed by atoms with E-state index < -0.39 is 12.2 Å². The Kier molecular flexibility index (Phi) is 12.6. The summed E-state index contributed by atoms with van der Waals surface area (Å²) in [5.41, 5.74) is 1.54. The van der Waals surface area contributed by atoms with E-state index in [1.165, 1.54) is 0 Å². The molecule has 2 N–H and O–H groups in total. The Bertz CT molecular complexity index is 493. The smallest absolute Gasteiger partial charge is 0.250 e. The fraction of sp³-hybridized carbons (Fsp3) is 0.722. The summed E-state index contributed by atoms with van der Waals surface area (Å²) in [5, 5.41) is 18.0. The lowest BCUT2D eigenvalue weighted by molar-refractivity contribution is -0.0509. The van der Waals surface area contributed by atoms with Crippen LogP contribution in [0.3, 0.4) is 0 Å². The Balaban J connectivity index is 0. The average Bonchev–Trinajstić information content (AvgIpc) is 2.94. The highest BCUT2D eigenvalue weighted by Gasteiger charge is 2.32. The number of alkyl halides is 2. The molecular formula is C18H35F2N3O2. The van der Waals surface area contributed by atoms with E-state index in [0.717, 1.165) is 17.8 Å². The Hall–Kier alpha value is -1.31. The first kappa shape index (κ1) is 25.9. The molecule has 0 unspecified atom stereocenters. The number of likely N-dealkylation sites (tertiary alicyclic amines) is 1. The Labute approximate surface area is 151 Å². The van der Waals surface area contributed by atoms with Gasteiger partial charge in [-0.05, 0) is 20.4 Å². The molecule has 0 bridgehead atoms. The second-order valence-electron chi connectivity index (χ2n) is 5.56. The zero-order valence-electron chi connectivity index (χ0n) is 15.4. The van der Waals surface area contributed by atoms with Crippen molar-refractivity contribution in [3.05, 3.63) is 24.3 Å². The molecule has 1 saturated heterocycles. The van der Waals surface area contributed by atoms with Gasteiger partial charge < -0.3 is 19.7 Å². The second-order valence-corrected chi connectivity index (χ2v) is 5.56. The van der Waals surface area contributed by atoms with Crippen LogP contribution in [0.2, 0.25) is 0 Å². The maximum absolute atomic E-state index is 12.4. The summed E-state index contributed by atoms with van der Waals surface area (Å²) in [6.45, 7) is 12.6. The van der Waals surface area contributed by atoms with Crippen molar-refractivity contribution in [2.45, 2.75) is 66.6 Å². The number of aryl methyl sites for hydroxylation is 1. The monoisotopic (exact) mass is 363 g/mol. The van der Waals surface area contributed by atoms with Crippen molar-refractivity contribution in [3.63, 3.8) is 0 Å². The molecular weight excluding hydrogens is 328 g/mol. The van der Waals surface area contributed by atoms with E-state index in [1.807, 2.05) is 32.7 Å². The molecule has 1 aromatic heterocycles. The third-order valence-electron chi connectivity index (χ3n) is 3.55. The highest BCUT2D eigenvalue weighted by Crippen LogP contribution is 2.26. The van der Waals surface area contributed by atoms with Crippen LogP contribution >= 0.6 is 0 Å². The van der Waals surface area contributed by atoms with Crippen LogP contribution in [0, 0.1) is 6.92 Å². The fourth-order valence-corrected chi connectivity index (χ4v) is 2.07. The van der Waals surface area contributed by atoms with Gasteiger partial charge in [0.2, 0.25) is 6.29 Å². The summed E-state index contributed by atoms with van der Waals surface area (Å²) in [6, 6.07) is 0. The summed E-state index contributed by atoms with van der Waals surface area (Å²) in [7, 11) is 1.87. The molecule has 0 spiro atoms. The van der Waals surface area contributed by atoms with Crippen molar-refractivity contribution in [1.82, 2.24) is 14.5 Å². The molecule has 0 aliphatic carbocycles. The highest BCUT2D eigenvalue weighted by atomic mass is 19.3. The maximum Gasteiger partial charge on any atom is 0.250 e. The van der Waals surface area contributed by atoms with Gasteiger partial charge in [0, 0.05) is 37.8 Å². The van der Waals surface area contributed by atoms with Crippen LogP contribution in [-0.2, 0) is 0 Å². The topological polar surface area (TPSA) is 61.5 Å². The highest BCUT2D eigenvalue weighted by molar-refractivity contribution is 5.42. The number of hydrogen-bond acceptors (Lipinski definition) is 4. The molecule has 0 saturated carbocycles. The minimum Gasteiger partial charge on any atom is -0.362 e. The van der Waals surface area contributed by atoms with Gasteiger partial charge in [0.05, 0.1) is 5.69 Å². The molecule has 1 aromatic rings. The Morgan fingerprint density at radius 3 is 2.16 bits per heavy atom. The lowest BCUT2D eigenvalue weighted by Gasteiger charge is -2.28. The van der Waals surface area contributed by atoms with E-state index in [9.17, 15) is 8.78 Å². The summed E-state index contributed by atoms with van der Waals surface area (Å²) in [5.74, 6) is -2.16. The number of allylic oxidation sites excluding steroid dienone is 1. The maximum atomic E-state index is 12.4. The number of aromatic nitrogens is 2. The van der Waals surface area contributed by atoms with Crippen LogP contribution in [0.25, 0.3) is 5.70 Å². The van der Waals surface area contributed by atoms with Crippen molar-refractivity contribution in [3.8, 4) is 0 Å². The number of aliphatic hydroxyl groups excluding tert-OH is 1. The summed E-state index contributed by atoms with van der Waals surface area (Å²) >= 11 is 0. The number of imidazole rings is 1. The predicted molar refractivity (Wildman–Crippen MR) is 99.5 cm³/mol. The number of hydrogen-bond donors (Lipinski definition) is 2. The molecule has 25 heavy (non-hydrogen) atoms. The van der Waals surface area contributed by atoms with E-state index in [0.29, 0.717) is 13.1 Å². The molecule has 2 heterocycles. The molecule has 148 valence electrons. The van der Waals surface area contributed by atoms with Gasteiger partial charge in [-0.1, -0.05) is 34.8 Å². The first-order valence-electron chi connectivity index (χ1n) is 8.33. The number of piperidine rings is 1. The molecule has 5 nitrogen and oxygen atoms in total. The molecule has 0 amide bonds. The summed E-state index contributed by atoms with van der Waals surface area (Å²) < 4.78 is 26.3. The van der Waals surface area contributed by atoms with Gasteiger partial charge in [0.15, 0.2) is 5.82 Å². The zero-order valence-corrected chi connectivity index (χ0v) is 15.4. The lowest BCUT2D eigenvalue weighted by Crippen LogP contribution is -2.36. The van der Waals surface area contributed by atoms with E-state index in [2.05, 4.69) is 11.6 Å². The first-order chi connectivity index (χ1) is 11.2. The second kappa shape index (κ2) is 12.1. The molecule has 0 radical (unpaired) electrons. The van der Waals surface area contributed by atoms with Gasteiger partial charge in [0.1, 0.15) is 0 Å². The van der Waals surface area contributed by atoms with Crippen LogP contribution < -0.4 is 0 Å². The standard InChI is InChI=1S/C9H14N2O2.C6H11F2N.C2H6.CH4/c1-4-7(3)11-5-6(2)10-8(11)9(12)13;1-9-4-2-6(7,8)3-5-9;1-2;/h5,9,12-13H,3-4H2,1-2H3;2-5H2,1H3;1-2H3;1H4. The third kappa shape index (κ3) is 9.09. The molecule has 1 fully saturated rings. The molecule has 1 aliphatic rings. The van der Waals surface area contributed by atoms with E-state index in [4.69, 9.17) is 10.2 Å². The number of nitrogens with zero attached hydrogens (tertiary/aromatic N) is 3. The minimum atomic E-state index is -2.38. The van der Waals surface area contributed by atoms with E-state index in [-0.39, 0.29) is 26.1 Å². The van der Waals surface area contributed by atoms with Gasteiger partial charge in [0.25, 0.3) is 5.92 Å². The number of halogens is 2. The van der Waals surface area contributed by atoms with Gasteiger partial charge in [-0.2, -0.15) is 0 Å². The van der Waals surface area contributed by atoms with Crippen molar-refractivity contribution < 1.29 is 19.0 Å². The Morgan fingerprint density at radius 1 is 1.32 bits per heavy atom. The zero-order chi connectivity index (χ0) is 18.9. The van der Waals surface area contributed by atoms with E-state index in [1.54, 1.807) is 17.7 Å². The van der Waals surface area contributed by atoms with Crippen LogP contribution in [-0.4, -0.2) is 50.7 Å². The van der Waals surface area contributed by atoms with Crippen molar-refractivity contribution in [1.29, 1.82) is 0 Å². The average molecular weight is 363 g/mol. The van der Waals surface area contributed by atoms with Gasteiger partial charge >= 0.3 is 0 Å².